The van der Waals surface area contributed by atoms with Crippen molar-refractivity contribution in [1.82, 2.24) is 4.57 Å². The van der Waals surface area contributed by atoms with Crippen molar-refractivity contribution in [2.45, 2.75) is 11.5 Å². The van der Waals surface area contributed by atoms with Gasteiger partial charge in [0.15, 0.2) is 0 Å². The summed E-state index contributed by atoms with van der Waals surface area (Å²) < 4.78 is 8.70. The minimum Gasteiger partial charge on any atom is -0.468 e. The molecular weight excluding hydrogens is 512 g/mol. The number of anilines is 1. The Hall–Kier alpha value is -3.83. The maximum atomic E-state index is 14.3. The second-order valence-electron chi connectivity index (χ2n) is 8.83. The summed E-state index contributed by atoms with van der Waals surface area (Å²) in [5, 5.41) is 4.71. The van der Waals surface area contributed by atoms with Crippen molar-refractivity contribution in [3.05, 3.63) is 137 Å². The Morgan fingerprint density at radius 1 is 0.889 bits per heavy atom. The van der Waals surface area contributed by atoms with Crippen molar-refractivity contribution in [1.29, 1.82) is 0 Å². The molecule has 2 unspecified atom stereocenters. The monoisotopic (exact) mass is 538 g/mol. The number of aryl methyl sites for hydroxylation is 1. The van der Waals surface area contributed by atoms with Crippen LogP contribution in [0, 0.1) is 0 Å². The second-order valence-corrected chi connectivity index (χ2v) is 9.75. The normalized spacial score (nSPS) is 13.6. The van der Waals surface area contributed by atoms with Crippen LogP contribution in [0.25, 0.3) is 10.9 Å². The van der Waals surface area contributed by atoms with E-state index in [1.807, 2.05) is 92.0 Å². The van der Waals surface area contributed by atoms with Crippen LogP contribution in [0.4, 0.5) is 5.69 Å². The van der Waals surface area contributed by atoms with Crippen LogP contribution in [0.15, 0.2) is 120 Å². The third-order valence-electron chi connectivity index (χ3n) is 6.76. The van der Waals surface area contributed by atoms with Gasteiger partial charge in [-0.1, -0.05) is 101 Å². The third-order valence-corrected chi connectivity index (χ3v) is 7.26. The molecule has 4 nitrogen and oxygen atoms in total. The van der Waals surface area contributed by atoms with Gasteiger partial charge >= 0.3 is 5.97 Å². The first-order chi connectivity index (χ1) is 17.6. The van der Waals surface area contributed by atoms with Gasteiger partial charge < -0.3 is 14.6 Å². The molecule has 2 atom stereocenters. The van der Waals surface area contributed by atoms with E-state index in [1.54, 1.807) is 0 Å². The summed E-state index contributed by atoms with van der Waals surface area (Å²) in [4.78, 5) is 14.3. The fraction of sp³-hybridized carbons (Fsp3) is 0.129. The number of rotatable bonds is 7. The van der Waals surface area contributed by atoms with Gasteiger partial charge in [-0.2, -0.15) is 0 Å². The fourth-order valence-electron chi connectivity index (χ4n) is 5.14. The van der Waals surface area contributed by atoms with Gasteiger partial charge in [0.05, 0.1) is 13.2 Å². The lowest BCUT2D eigenvalue weighted by atomic mass is 9.66. The first kappa shape index (κ1) is 23.9. The largest absolute Gasteiger partial charge is 0.468 e. The van der Waals surface area contributed by atoms with Gasteiger partial charge in [0.25, 0.3) is 0 Å². The van der Waals surface area contributed by atoms with Crippen molar-refractivity contribution in [3.8, 4) is 0 Å². The number of halogens is 1. The average molecular weight is 539 g/mol. The number of aromatic nitrogens is 1. The molecule has 0 amide bonds. The van der Waals surface area contributed by atoms with Gasteiger partial charge in [-0.25, -0.2) is 0 Å². The van der Waals surface area contributed by atoms with Crippen molar-refractivity contribution in [2.24, 2.45) is 7.05 Å². The molecule has 0 aliphatic heterocycles. The summed E-state index contributed by atoms with van der Waals surface area (Å²) in [5.74, 6) is -0.332. The van der Waals surface area contributed by atoms with Crippen LogP contribution in [0.1, 0.15) is 22.7 Å². The second kappa shape index (κ2) is 10.0. The summed E-state index contributed by atoms with van der Waals surface area (Å²) in [6.07, 6.45) is 2.06. The molecule has 0 spiro atoms. The lowest BCUT2D eigenvalue weighted by Gasteiger charge is -2.40. The number of ether oxygens (including phenoxy) is 1. The van der Waals surface area contributed by atoms with Crippen molar-refractivity contribution in [2.75, 3.05) is 12.4 Å². The zero-order chi connectivity index (χ0) is 25.1. The molecular formula is C31H27BrN2O2. The molecule has 4 aromatic carbocycles. The van der Waals surface area contributed by atoms with Crippen LogP contribution in [-0.2, 0) is 22.0 Å². The SMILES string of the molecule is COC(=O)C(c1ccccc1)(c1cn(C)c2cc(Br)ccc12)C(Nc1ccccc1)c1ccccc1. The number of esters is 1. The van der Waals surface area contributed by atoms with Crippen LogP contribution < -0.4 is 5.32 Å². The van der Waals surface area contributed by atoms with Gasteiger partial charge in [-0.3, -0.25) is 4.79 Å². The predicted molar refractivity (Wildman–Crippen MR) is 149 cm³/mol. The lowest BCUT2D eigenvalue weighted by molar-refractivity contribution is -0.146. The minimum atomic E-state index is -1.19. The number of hydrogen-bond acceptors (Lipinski definition) is 3. The number of fused-ring (bicyclic) bond motifs is 1. The van der Waals surface area contributed by atoms with Gasteiger partial charge in [0, 0.05) is 39.9 Å². The maximum Gasteiger partial charge on any atom is 0.323 e. The highest BCUT2D eigenvalue weighted by atomic mass is 79.9. The lowest BCUT2D eigenvalue weighted by Crippen LogP contribution is -2.46. The number of hydrogen-bond donors (Lipinski definition) is 1. The number of nitrogens with zero attached hydrogens (tertiary/aromatic N) is 1. The topological polar surface area (TPSA) is 43.3 Å². The number of nitrogens with one attached hydrogen (secondary N) is 1. The number of benzene rings is 4. The molecule has 5 rings (SSSR count). The van der Waals surface area contributed by atoms with E-state index in [1.165, 1.54) is 7.11 Å². The standard InChI is InChI=1S/C31H27BrN2O2/c1-34-21-27(26-19-18-24(32)20-28(26)34)31(30(35)36-2,23-14-8-4-9-15-23)29(22-12-6-3-7-13-22)33-25-16-10-5-11-17-25/h3-21,29,33H,1-2H3. The van der Waals surface area contributed by atoms with Crippen molar-refractivity contribution >= 4 is 38.5 Å². The first-order valence-corrected chi connectivity index (χ1v) is 12.6. The van der Waals surface area contributed by atoms with Gasteiger partial charge in [-0.05, 0) is 35.4 Å². The number of methoxy groups -OCH3 is 1. The molecule has 36 heavy (non-hydrogen) atoms. The van der Waals surface area contributed by atoms with Gasteiger partial charge in [-0.15, -0.1) is 0 Å². The Labute approximate surface area is 219 Å². The first-order valence-electron chi connectivity index (χ1n) is 11.8. The molecule has 5 aromatic rings. The highest BCUT2D eigenvalue weighted by molar-refractivity contribution is 9.10. The molecule has 1 aromatic heterocycles. The maximum absolute atomic E-state index is 14.3. The zero-order valence-corrected chi connectivity index (χ0v) is 21.8. The van der Waals surface area contributed by atoms with E-state index in [0.717, 1.165) is 37.8 Å². The molecule has 0 saturated carbocycles. The molecule has 0 fully saturated rings. The van der Waals surface area contributed by atoms with Gasteiger partial charge in [0.2, 0.25) is 0 Å². The van der Waals surface area contributed by atoms with Crippen LogP contribution in [0.3, 0.4) is 0 Å². The third kappa shape index (κ3) is 4.10. The Kier molecular flexibility index (Phi) is 6.66. The molecule has 0 bridgehead atoms. The van der Waals surface area contributed by atoms with Crippen LogP contribution in [0.5, 0.6) is 0 Å². The molecule has 0 aliphatic carbocycles. The molecule has 0 radical (unpaired) electrons. The Morgan fingerprint density at radius 3 is 2.14 bits per heavy atom. The number of carbonyl (C=O) groups excluding carboxylic acids is 1. The zero-order valence-electron chi connectivity index (χ0n) is 20.2. The quantitative estimate of drug-likeness (QED) is 0.222. The average Bonchev–Trinajstić information content (AvgIpc) is 3.25. The highest BCUT2D eigenvalue weighted by Crippen LogP contribution is 2.49. The van der Waals surface area contributed by atoms with Crippen LogP contribution in [-0.4, -0.2) is 17.6 Å². The summed E-state index contributed by atoms with van der Waals surface area (Å²) in [5.41, 5.74) is 3.45. The molecule has 0 saturated heterocycles. The summed E-state index contributed by atoms with van der Waals surface area (Å²) in [6, 6.07) is 35.7. The molecule has 1 N–H and O–H groups in total. The van der Waals surface area contributed by atoms with E-state index in [2.05, 4.69) is 56.3 Å². The molecule has 1 heterocycles. The van der Waals surface area contributed by atoms with E-state index in [9.17, 15) is 4.79 Å². The summed E-state index contributed by atoms with van der Waals surface area (Å²) in [7, 11) is 3.47. The fourth-order valence-corrected chi connectivity index (χ4v) is 5.49. The smallest absolute Gasteiger partial charge is 0.323 e. The summed E-state index contributed by atoms with van der Waals surface area (Å²) in [6.45, 7) is 0. The summed E-state index contributed by atoms with van der Waals surface area (Å²) >= 11 is 3.61. The minimum absolute atomic E-state index is 0.332. The molecule has 0 aliphatic rings. The Balaban J connectivity index is 1.90. The van der Waals surface area contributed by atoms with Crippen LogP contribution in [0.2, 0.25) is 0 Å². The Morgan fingerprint density at radius 2 is 1.50 bits per heavy atom. The van der Waals surface area contributed by atoms with Crippen molar-refractivity contribution < 1.29 is 9.53 Å². The van der Waals surface area contributed by atoms with Crippen molar-refractivity contribution in [3.63, 3.8) is 0 Å². The van der Waals surface area contributed by atoms with E-state index < -0.39 is 11.5 Å². The molecule has 5 heteroatoms. The van der Waals surface area contributed by atoms with E-state index in [0.29, 0.717) is 0 Å². The molecule has 180 valence electrons. The predicted octanol–water partition coefficient (Wildman–Crippen LogP) is 7.25. The van der Waals surface area contributed by atoms with E-state index >= 15 is 0 Å². The highest BCUT2D eigenvalue weighted by Gasteiger charge is 2.52. The number of para-hydroxylation sites is 1. The van der Waals surface area contributed by atoms with Crippen LogP contribution >= 0.6 is 15.9 Å². The van der Waals surface area contributed by atoms with E-state index in [-0.39, 0.29) is 5.97 Å². The van der Waals surface area contributed by atoms with E-state index in [4.69, 9.17) is 4.74 Å². The number of carbonyl (C=O) groups is 1. The Bertz CT molecular complexity index is 1480. The van der Waals surface area contributed by atoms with Gasteiger partial charge in [0.1, 0.15) is 5.41 Å².